The summed E-state index contributed by atoms with van der Waals surface area (Å²) >= 11 is 0. The van der Waals surface area contributed by atoms with E-state index in [1.165, 1.54) is 11.1 Å². The lowest BCUT2D eigenvalue weighted by Gasteiger charge is -2.05. The average molecular weight is 214 g/mol. The van der Waals surface area contributed by atoms with Crippen LogP contribution in [0.2, 0.25) is 0 Å². The van der Waals surface area contributed by atoms with Crippen molar-refractivity contribution in [3.05, 3.63) is 47.1 Å². The smallest absolute Gasteiger partial charge is 0.290 e. The van der Waals surface area contributed by atoms with Crippen LogP contribution >= 0.6 is 0 Å². The highest BCUT2D eigenvalue weighted by Crippen LogP contribution is 2.36. The molecule has 0 saturated carbocycles. The van der Waals surface area contributed by atoms with Crippen LogP contribution < -0.4 is 0 Å². The van der Waals surface area contributed by atoms with Crippen LogP contribution in [0.15, 0.2) is 28.8 Å². The van der Waals surface area contributed by atoms with E-state index in [1.807, 2.05) is 12.1 Å². The fraction of sp³-hybridized carbons (Fsp3) is 0.250. The summed E-state index contributed by atoms with van der Waals surface area (Å²) in [5, 5.41) is 3.85. The highest BCUT2D eigenvalue weighted by molar-refractivity contribution is 5.67. The van der Waals surface area contributed by atoms with Crippen molar-refractivity contribution >= 4 is 6.29 Å². The van der Waals surface area contributed by atoms with Crippen molar-refractivity contribution in [2.24, 2.45) is 0 Å². The van der Waals surface area contributed by atoms with E-state index in [4.69, 9.17) is 4.52 Å². The summed E-state index contributed by atoms with van der Waals surface area (Å²) < 4.78 is 4.81. The summed E-state index contributed by atoms with van der Waals surface area (Å²) in [4.78, 5) is 14.5. The van der Waals surface area contributed by atoms with E-state index in [1.54, 1.807) is 0 Å². The van der Waals surface area contributed by atoms with Crippen LogP contribution in [0.1, 0.15) is 40.0 Å². The summed E-state index contributed by atoms with van der Waals surface area (Å²) in [5.41, 5.74) is 2.59. The Labute approximate surface area is 92.3 Å². The van der Waals surface area contributed by atoms with E-state index in [-0.39, 0.29) is 11.8 Å². The van der Waals surface area contributed by atoms with Crippen molar-refractivity contribution in [2.75, 3.05) is 0 Å². The van der Waals surface area contributed by atoms with Gasteiger partial charge in [0.25, 0.3) is 5.89 Å². The minimum atomic E-state index is 0.0550. The Morgan fingerprint density at radius 3 is 3.06 bits per heavy atom. The minimum absolute atomic E-state index is 0.0550. The predicted molar refractivity (Wildman–Crippen MR) is 56.3 cm³/mol. The van der Waals surface area contributed by atoms with E-state index in [0.717, 1.165) is 12.8 Å². The fourth-order valence-electron chi connectivity index (χ4n) is 2.26. The van der Waals surface area contributed by atoms with Crippen molar-refractivity contribution < 1.29 is 9.32 Å². The molecule has 0 aliphatic heterocycles. The minimum Gasteiger partial charge on any atom is -0.331 e. The van der Waals surface area contributed by atoms with Crippen molar-refractivity contribution in [2.45, 2.75) is 18.8 Å². The number of aryl methyl sites for hydroxylation is 1. The molecule has 16 heavy (non-hydrogen) atoms. The third kappa shape index (κ3) is 1.34. The maximum absolute atomic E-state index is 10.5. The zero-order chi connectivity index (χ0) is 11.0. The zero-order valence-electron chi connectivity index (χ0n) is 8.59. The lowest BCUT2D eigenvalue weighted by atomic mass is 10.0. The first-order valence-electron chi connectivity index (χ1n) is 5.25. The van der Waals surface area contributed by atoms with Gasteiger partial charge in [0.05, 0.1) is 0 Å². The molecule has 4 nitrogen and oxygen atoms in total. The second-order valence-corrected chi connectivity index (χ2v) is 3.90. The van der Waals surface area contributed by atoms with Gasteiger partial charge in [-0.1, -0.05) is 29.4 Å². The summed E-state index contributed by atoms with van der Waals surface area (Å²) in [6.45, 7) is 0. The summed E-state index contributed by atoms with van der Waals surface area (Å²) in [7, 11) is 0. The van der Waals surface area contributed by atoms with Gasteiger partial charge < -0.3 is 4.52 Å². The molecule has 1 atom stereocenters. The van der Waals surface area contributed by atoms with Gasteiger partial charge in [-0.15, -0.1) is 0 Å². The molecular formula is C12H10N2O2. The number of nitrogens with zero attached hydrogens (tertiary/aromatic N) is 2. The first-order chi connectivity index (χ1) is 7.88. The van der Waals surface area contributed by atoms with Crippen LogP contribution in [0, 0.1) is 0 Å². The Balaban J connectivity index is 2.01. The van der Waals surface area contributed by atoms with E-state index >= 15 is 0 Å². The number of carbonyl (C=O) groups is 1. The summed E-state index contributed by atoms with van der Waals surface area (Å²) in [5.74, 6) is 0.847. The number of rotatable bonds is 2. The molecular weight excluding hydrogens is 204 g/mol. The average Bonchev–Trinajstić information content (AvgIpc) is 2.94. The molecule has 2 aromatic rings. The predicted octanol–water partition coefficient (Wildman–Crippen LogP) is 1.96. The van der Waals surface area contributed by atoms with Crippen LogP contribution in [0.4, 0.5) is 0 Å². The molecule has 0 N–H and O–H groups in total. The summed E-state index contributed by atoms with van der Waals surface area (Å²) in [6.07, 6.45) is 2.60. The Hall–Kier alpha value is -1.97. The highest BCUT2D eigenvalue weighted by atomic mass is 16.5. The first-order valence-corrected chi connectivity index (χ1v) is 5.25. The van der Waals surface area contributed by atoms with Gasteiger partial charge in [0.15, 0.2) is 5.82 Å². The van der Waals surface area contributed by atoms with Crippen LogP contribution in [-0.4, -0.2) is 16.4 Å². The van der Waals surface area contributed by atoms with Gasteiger partial charge in [-0.25, -0.2) is 0 Å². The quantitative estimate of drug-likeness (QED) is 0.717. The normalized spacial score (nSPS) is 18.4. The number of benzene rings is 1. The van der Waals surface area contributed by atoms with Gasteiger partial charge in [0, 0.05) is 5.92 Å². The molecule has 80 valence electrons. The third-order valence-electron chi connectivity index (χ3n) is 3.00. The standard InChI is InChI=1S/C12H10N2O2/c15-7-11-13-12(14-16-11)10-6-5-8-3-1-2-4-9(8)10/h1-4,7,10H,5-6H2. The Morgan fingerprint density at radius 2 is 2.25 bits per heavy atom. The monoisotopic (exact) mass is 214 g/mol. The molecule has 1 heterocycles. The largest absolute Gasteiger partial charge is 0.331 e. The number of aromatic nitrogens is 2. The number of carbonyl (C=O) groups excluding carboxylic acids is 1. The van der Waals surface area contributed by atoms with Gasteiger partial charge >= 0.3 is 0 Å². The molecule has 0 saturated heterocycles. The van der Waals surface area contributed by atoms with E-state index in [9.17, 15) is 4.79 Å². The molecule has 3 rings (SSSR count). The number of hydrogen-bond donors (Lipinski definition) is 0. The second-order valence-electron chi connectivity index (χ2n) is 3.90. The lowest BCUT2D eigenvalue weighted by molar-refractivity contribution is 0.108. The maximum Gasteiger partial charge on any atom is 0.290 e. The van der Waals surface area contributed by atoms with Crippen molar-refractivity contribution in [3.63, 3.8) is 0 Å². The summed E-state index contributed by atoms with van der Waals surface area (Å²) in [6, 6.07) is 8.26. The van der Waals surface area contributed by atoms with Crippen LogP contribution in [0.3, 0.4) is 0 Å². The molecule has 1 aliphatic carbocycles. The molecule has 0 radical (unpaired) electrons. The van der Waals surface area contributed by atoms with Crippen LogP contribution in [0.25, 0.3) is 0 Å². The molecule has 1 aromatic carbocycles. The third-order valence-corrected chi connectivity index (χ3v) is 3.00. The number of fused-ring (bicyclic) bond motifs is 1. The van der Waals surface area contributed by atoms with E-state index in [2.05, 4.69) is 22.3 Å². The fourth-order valence-corrected chi connectivity index (χ4v) is 2.26. The Bertz CT molecular complexity index is 533. The number of aldehydes is 1. The molecule has 4 heteroatoms. The zero-order valence-corrected chi connectivity index (χ0v) is 8.59. The molecule has 1 aliphatic rings. The van der Waals surface area contributed by atoms with Crippen molar-refractivity contribution in [1.29, 1.82) is 0 Å². The van der Waals surface area contributed by atoms with Crippen LogP contribution in [-0.2, 0) is 6.42 Å². The Kier molecular flexibility index (Phi) is 2.06. The van der Waals surface area contributed by atoms with Crippen molar-refractivity contribution in [3.8, 4) is 0 Å². The van der Waals surface area contributed by atoms with Gasteiger partial charge in [-0.2, -0.15) is 4.98 Å². The second kappa shape index (κ2) is 3.56. The van der Waals surface area contributed by atoms with E-state index in [0.29, 0.717) is 12.1 Å². The molecule has 0 spiro atoms. The van der Waals surface area contributed by atoms with Gasteiger partial charge in [-0.3, -0.25) is 4.79 Å². The maximum atomic E-state index is 10.5. The van der Waals surface area contributed by atoms with Gasteiger partial charge in [0.1, 0.15) is 0 Å². The van der Waals surface area contributed by atoms with Gasteiger partial charge in [-0.05, 0) is 24.0 Å². The van der Waals surface area contributed by atoms with E-state index < -0.39 is 0 Å². The molecule has 0 bridgehead atoms. The topological polar surface area (TPSA) is 56.0 Å². The van der Waals surface area contributed by atoms with Crippen molar-refractivity contribution in [1.82, 2.24) is 10.1 Å². The highest BCUT2D eigenvalue weighted by Gasteiger charge is 2.27. The molecule has 0 fully saturated rings. The van der Waals surface area contributed by atoms with Crippen LogP contribution in [0.5, 0.6) is 0 Å². The molecule has 1 unspecified atom stereocenters. The lowest BCUT2D eigenvalue weighted by Crippen LogP contribution is -1.98. The first kappa shape index (κ1) is 9.27. The number of hydrogen-bond acceptors (Lipinski definition) is 4. The molecule has 1 aromatic heterocycles. The Morgan fingerprint density at radius 1 is 1.38 bits per heavy atom. The molecule has 0 amide bonds. The SMILES string of the molecule is O=Cc1nc(C2CCc3ccccc32)no1. The van der Waals surface area contributed by atoms with Gasteiger partial charge in [0.2, 0.25) is 6.29 Å².